The fraction of sp³-hybridized carbons (Fsp3) is 0.500. The molecule has 0 aliphatic heterocycles. The smallest absolute Gasteiger partial charge is 0.205 e. The molecule has 20 heavy (non-hydrogen) atoms. The molecule has 1 aromatic carbocycles. The summed E-state index contributed by atoms with van der Waals surface area (Å²) in [5.74, 6) is 4.16. The standard InChI is InChI=1S/C16H16F4/c1-3-11(2)13-6-4-5-12(14(13)17)7-8-15(9-10-15)16(18,19)20/h4-6,11H,3,9-10H2,1-2H3. The number of halogens is 4. The average molecular weight is 284 g/mol. The normalized spacial score (nSPS) is 18.1. The molecule has 1 saturated carbocycles. The minimum Gasteiger partial charge on any atom is -0.205 e. The molecule has 0 saturated heterocycles. The summed E-state index contributed by atoms with van der Waals surface area (Å²) in [6, 6.07) is 4.73. The summed E-state index contributed by atoms with van der Waals surface area (Å²) >= 11 is 0. The second-order valence-electron chi connectivity index (χ2n) is 5.35. The zero-order valence-electron chi connectivity index (χ0n) is 11.4. The third kappa shape index (κ3) is 2.67. The molecule has 108 valence electrons. The van der Waals surface area contributed by atoms with E-state index in [1.807, 2.05) is 13.8 Å². The Balaban J connectivity index is 2.33. The topological polar surface area (TPSA) is 0 Å². The first-order valence-corrected chi connectivity index (χ1v) is 6.69. The summed E-state index contributed by atoms with van der Waals surface area (Å²) in [6.45, 7) is 3.82. The Kier molecular flexibility index (Phi) is 3.82. The van der Waals surface area contributed by atoms with Crippen LogP contribution in [0.3, 0.4) is 0 Å². The van der Waals surface area contributed by atoms with Crippen LogP contribution < -0.4 is 0 Å². The van der Waals surface area contributed by atoms with Crippen LogP contribution in [-0.4, -0.2) is 6.18 Å². The van der Waals surface area contributed by atoms with Gasteiger partial charge in [-0.3, -0.25) is 0 Å². The molecule has 1 fully saturated rings. The summed E-state index contributed by atoms with van der Waals surface area (Å²) in [5, 5.41) is 0. The van der Waals surface area contributed by atoms with Crippen LogP contribution in [0.4, 0.5) is 17.6 Å². The Labute approximate surface area is 116 Å². The van der Waals surface area contributed by atoms with E-state index in [0.29, 0.717) is 5.56 Å². The zero-order valence-corrected chi connectivity index (χ0v) is 11.4. The van der Waals surface area contributed by atoms with Crippen LogP contribution in [0.2, 0.25) is 0 Å². The Morgan fingerprint density at radius 2 is 1.95 bits per heavy atom. The Bertz CT molecular complexity index is 556. The van der Waals surface area contributed by atoms with Crippen LogP contribution in [-0.2, 0) is 0 Å². The van der Waals surface area contributed by atoms with Gasteiger partial charge in [0, 0.05) is 0 Å². The summed E-state index contributed by atoms with van der Waals surface area (Å²) in [4.78, 5) is 0. The van der Waals surface area contributed by atoms with Gasteiger partial charge in [-0.2, -0.15) is 13.2 Å². The molecule has 0 amide bonds. The third-order valence-corrected chi connectivity index (χ3v) is 3.90. The predicted octanol–water partition coefficient (Wildman–Crippen LogP) is 5.03. The van der Waals surface area contributed by atoms with E-state index in [1.54, 1.807) is 12.1 Å². The van der Waals surface area contributed by atoms with Gasteiger partial charge in [-0.05, 0) is 36.8 Å². The summed E-state index contributed by atoms with van der Waals surface area (Å²) in [5.41, 5.74) is -1.35. The molecule has 0 nitrogen and oxygen atoms in total. The lowest BCUT2D eigenvalue weighted by molar-refractivity contribution is -0.168. The maximum atomic E-state index is 14.2. The van der Waals surface area contributed by atoms with Crippen LogP contribution in [0.25, 0.3) is 0 Å². The van der Waals surface area contributed by atoms with Gasteiger partial charge in [0.05, 0.1) is 5.56 Å². The van der Waals surface area contributed by atoms with Crippen molar-refractivity contribution in [1.82, 2.24) is 0 Å². The molecule has 0 N–H and O–H groups in total. The molecule has 0 aromatic heterocycles. The van der Waals surface area contributed by atoms with Gasteiger partial charge >= 0.3 is 6.18 Å². The van der Waals surface area contributed by atoms with Crippen molar-refractivity contribution in [2.24, 2.45) is 5.41 Å². The van der Waals surface area contributed by atoms with E-state index in [-0.39, 0.29) is 24.3 Å². The van der Waals surface area contributed by atoms with Crippen molar-refractivity contribution in [2.45, 2.75) is 45.2 Å². The SMILES string of the molecule is CCC(C)c1cccc(C#CC2(C(F)(F)F)CC2)c1F. The highest BCUT2D eigenvalue weighted by molar-refractivity contribution is 5.42. The van der Waals surface area contributed by atoms with Crippen molar-refractivity contribution in [3.8, 4) is 11.8 Å². The monoisotopic (exact) mass is 284 g/mol. The molecule has 1 aliphatic rings. The maximum absolute atomic E-state index is 14.2. The fourth-order valence-electron chi connectivity index (χ4n) is 2.04. The van der Waals surface area contributed by atoms with Gasteiger partial charge in [-0.25, -0.2) is 4.39 Å². The minimum atomic E-state index is -4.33. The lowest BCUT2D eigenvalue weighted by atomic mass is 9.96. The van der Waals surface area contributed by atoms with E-state index >= 15 is 0 Å². The molecule has 0 bridgehead atoms. The highest BCUT2D eigenvalue weighted by atomic mass is 19.4. The Hall–Kier alpha value is -1.50. The molecule has 0 radical (unpaired) electrons. The first kappa shape index (κ1) is 14.9. The largest absolute Gasteiger partial charge is 0.405 e. The van der Waals surface area contributed by atoms with E-state index in [2.05, 4.69) is 11.8 Å². The summed E-state index contributed by atoms with van der Waals surface area (Å²) < 4.78 is 52.5. The zero-order chi connectivity index (χ0) is 15.0. The second-order valence-corrected chi connectivity index (χ2v) is 5.35. The van der Waals surface area contributed by atoms with Crippen LogP contribution in [0.5, 0.6) is 0 Å². The minimum absolute atomic E-state index is 0.0101. The van der Waals surface area contributed by atoms with Gasteiger partial charge in [0.1, 0.15) is 11.2 Å². The van der Waals surface area contributed by atoms with Crippen LogP contribution in [0.1, 0.15) is 50.2 Å². The van der Waals surface area contributed by atoms with E-state index in [1.165, 1.54) is 6.07 Å². The Morgan fingerprint density at radius 3 is 2.45 bits per heavy atom. The predicted molar refractivity (Wildman–Crippen MR) is 69.7 cm³/mol. The highest BCUT2D eigenvalue weighted by Gasteiger charge is 2.62. The molecule has 2 rings (SSSR count). The van der Waals surface area contributed by atoms with Gasteiger partial charge in [-0.15, -0.1) is 0 Å². The molecular formula is C16H16F4. The summed E-state index contributed by atoms with van der Waals surface area (Å²) in [6.07, 6.45) is -3.54. The second kappa shape index (κ2) is 5.12. The molecule has 1 aromatic rings. The van der Waals surface area contributed by atoms with E-state index in [0.717, 1.165) is 6.42 Å². The molecule has 0 heterocycles. The van der Waals surface area contributed by atoms with E-state index < -0.39 is 17.4 Å². The van der Waals surface area contributed by atoms with Crippen molar-refractivity contribution in [3.63, 3.8) is 0 Å². The highest BCUT2D eigenvalue weighted by Crippen LogP contribution is 2.57. The first-order chi connectivity index (χ1) is 9.31. The lowest BCUT2D eigenvalue weighted by Gasteiger charge is -2.13. The quantitative estimate of drug-likeness (QED) is 0.527. The van der Waals surface area contributed by atoms with Gasteiger partial charge in [0.2, 0.25) is 0 Å². The average Bonchev–Trinajstić information content (AvgIpc) is 3.17. The van der Waals surface area contributed by atoms with Gasteiger partial charge < -0.3 is 0 Å². The maximum Gasteiger partial charge on any atom is 0.405 e. The van der Waals surface area contributed by atoms with Gasteiger partial charge in [-0.1, -0.05) is 37.8 Å². The van der Waals surface area contributed by atoms with Crippen molar-refractivity contribution in [1.29, 1.82) is 0 Å². The number of alkyl halides is 3. The number of rotatable bonds is 2. The van der Waals surface area contributed by atoms with E-state index in [9.17, 15) is 17.6 Å². The molecule has 4 heteroatoms. The van der Waals surface area contributed by atoms with Crippen LogP contribution in [0.15, 0.2) is 18.2 Å². The first-order valence-electron chi connectivity index (χ1n) is 6.69. The molecule has 1 aliphatic carbocycles. The fourth-order valence-corrected chi connectivity index (χ4v) is 2.04. The van der Waals surface area contributed by atoms with Gasteiger partial charge in [0.25, 0.3) is 0 Å². The molecular weight excluding hydrogens is 268 g/mol. The third-order valence-electron chi connectivity index (χ3n) is 3.90. The number of hydrogen-bond donors (Lipinski definition) is 0. The number of benzene rings is 1. The van der Waals surface area contributed by atoms with Crippen molar-refractivity contribution < 1.29 is 17.6 Å². The van der Waals surface area contributed by atoms with E-state index in [4.69, 9.17) is 0 Å². The molecule has 0 spiro atoms. The van der Waals surface area contributed by atoms with Crippen molar-refractivity contribution >= 4 is 0 Å². The summed E-state index contributed by atoms with van der Waals surface area (Å²) in [7, 11) is 0. The van der Waals surface area contributed by atoms with Gasteiger partial charge in [0.15, 0.2) is 0 Å². The number of hydrogen-bond acceptors (Lipinski definition) is 0. The molecule has 1 unspecified atom stereocenters. The van der Waals surface area contributed by atoms with Crippen molar-refractivity contribution in [3.05, 3.63) is 35.1 Å². The van der Waals surface area contributed by atoms with Crippen molar-refractivity contribution in [2.75, 3.05) is 0 Å². The Morgan fingerprint density at radius 1 is 1.30 bits per heavy atom. The van der Waals surface area contributed by atoms with Crippen LogP contribution in [0, 0.1) is 23.1 Å². The van der Waals surface area contributed by atoms with Crippen LogP contribution >= 0.6 is 0 Å². The molecule has 1 atom stereocenters. The lowest BCUT2D eigenvalue weighted by Crippen LogP contribution is -2.22.